The molecule has 0 aliphatic carbocycles. The minimum Gasteiger partial charge on any atom is -0.353 e. The summed E-state index contributed by atoms with van der Waals surface area (Å²) >= 11 is 9.32. The number of nitrogens with one attached hydrogen (secondary N) is 1. The van der Waals surface area contributed by atoms with Gasteiger partial charge in [-0.15, -0.1) is 10.2 Å². The minimum atomic E-state index is 0.445. The van der Waals surface area contributed by atoms with Crippen LogP contribution < -0.4 is 10.2 Å². The summed E-state index contributed by atoms with van der Waals surface area (Å²) in [6.07, 6.45) is 0. The van der Waals surface area contributed by atoms with Gasteiger partial charge in [0.15, 0.2) is 4.34 Å². The van der Waals surface area contributed by atoms with Crippen LogP contribution in [-0.4, -0.2) is 30.3 Å². The van der Waals surface area contributed by atoms with Crippen LogP contribution in [0.4, 0.5) is 5.13 Å². The number of rotatable bonds is 6. The van der Waals surface area contributed by atoms with Crippen LogP contribution in [0.1, 0.15) is 19.4 Å². The molecule has 0 spiro atoms. The molecule has 21 heavy (non-hydrogen) atoms. The Balaban J connectivity index is 2.18. The Morgan fingerprint density at radius 2 is 2.10 bits per heavy atom. The number of hydrogen-bond donors (Lipinski definition) is 1. The average Bonchev–Trinajstić information content (AvgIpc) is 2.86. The highest BCUT2D eigenvalue weighted by Crippen LogP contribution is 2.35. The third-order valence-electron chi connectivity index (χ3n) is 2.71. The maximum atomic E-state index is 6.13. The largest absolute Gasteiger partial charge is 0.353 e. The van der Waals surface area contributed by atoms with Gasteiger partial charge in [-0.05, 0) is 17.7 Å². The van der Waals surface area contributed by atoms with E-state index in [1.54, 1.807) is 23.1 Å². The van der Waals surface area contributed by atoms with Gasteiger partial charge >= 0.3 is 0 Å². The van der Waals surface area contributed by atoms with E-state index in [0.717, 1.165) is 25.9 Å². The van der Waals surface area contributed by atoms with Crippen LogP contribution in [0.15, 0.2) is 27.4 Å². The summed E-state index contributed by atoms with van der Waals surface area (Å²) in [5.41, 5.74) is 1.22. The molecule has 2 aromatic rings. The fraction of sp³-hybridized carbons (Fsp3) is 0.429. The van der Waals surface area contributed by atoms with Gasteiger partial charge in [-0.2, -0.15) is 0 Å². The number of nitrogens with zero attached hydrogens (tertiary/aromatic N) is 3. The van der Waals surface area contributed by atoms with Crippen LogP contribution in [0.2, 0.25) is 5.02 Å². The van der Waals surface area contributed by atoms with Gasteiger partial charge in [0.05, 0.1) is 0 Å². The second kappa shape index (κ2) is 7.45. The lowest BCUT2D eigenvalue weighted by Crippen LogP contribution is -2.22. The van der Waals surface area contributed by atoms with Gasteiger partial charge in [0.1, 0.15) is 0 Å². The average molecular weight is 343 g/mol. The maximum absolute atomic E-state index is 6.13. The molecular weight excluding hydrogens is 324 g/mol. The molecule has 0 radical (unpaired) electrons. The van der Waals surface area contributed by atoms with Crippen molar-refractivity contribution in [3.8, 4) is 0 Å². The van der Waals surface area contributed by atoms with Gasteiger partial charge in [0, 0.05) is 36.6 Å². The lowest BCUT2D eigenvalue weighted by atomic mass is 10.2. The summed E-state index contributed by atoms with van der Waals surface area (Å²) < 4.78 is 0.923. The van der Waals surface area contributed by atoms with Gasteiger partial charge in [-0.3, -0.25) is 0 Å². The van der Waals surface area contributed by atoms with Crippen molar-refractivity contribution in [3.05, 3.63) is 28.8 Å². The molecule has 1 N–H and O–H groups in total. The van der Waals surface area contributed by atoms with Gasteiger partial charge in [0.2, 0.25) is 5.13 Å². The van der Waals surface area contributed by atoms with Crippen LogP contribution in [-0.2, 0) is 6.54 Å². The molecule has 0 amide bonds. The molecule has 114 valence electrons. The number of aromatic nitrogens is 2. The van der Waals surface area contributed by atoms with Gasteiger partial charge in [-0.25, -0.2) is 0 Å². The van der Waals surface area contributed by atoms with Crippen LogP contribution in [0.5, 0.6) is 0 Å². The summed E-state index contributed by atoms with van der Waals surface area (Å²) in [4.78, 5) is 3.08. The molecule has 1 aromatic heterocycles. The Morgan fingerprint density at radius 1 is 1.33 bits per heavy atom. The maximum Gasteiger partial charge on any atom is 0.208 e. The highest BCUT2D eigenvalue weighted by Gasteiger charge is 2.11. The fourth-order valence-corrected chi connectivity index (χ4v) is 3.73. The quantitative estimate of drug-likeness (QED) is 0.862. The summed E-state index contributed by atoms with van der Waals surface area (Å²) in [6.45, 7) is 5.09. The van der Waals surface area contributed by atoms with E-state index in [4.69, 9.17) is 11.6 Å². The monoisotopic (exact) mass is 342 g/mol. The zero-order chi connectivity index (χ0) is 15.4. The van der Waals surface area contributed by atoms with E-state index in [1.807, 2.05) is 31.1 Å². The topological polar surface area (TPSA) is 41.1 Å². The third kappa shape index (κ3) is 4.85. The molecular formula is C14H19ClN4S2. The molecule has 0 saturated carbocycles. The Kier molecular flexibility index (Phi) is 5.87. The Labute approximate surface area is 138 Å². The molecule has 0 bridgehead atoms. The predicted octanol–water partition coefficient (Wildman–Crippen LogP) is 3.91. The highest BCUT2D eigenvalue weighted by molar-refractivity contribution is 8.01. The number of hydrogen-bond acceptors (Lipinski definition) is 6. The molecule has 0 fully saturated rings. The first-order chi connectivity index (χ1) is 9.95. The van der Waals surface area contributed by atoms with Gasteiger partial charge < -0.3 is 10.2 Å². The first kappa shape index (κ1) is 16.5. The molecule has 1 heterocycles. The lowest BCUT2D eigenvalue weighted by molar-refractivity contribution is 0.585. The molecule has 0 aliphatic heterocycles. The molecule has 0 unspecified atom stereocenters. The van der Waals surface area contributed by atoms with E-state index in [-0.39, 0.29) is 0 Å². The van der Waals surface area contributed by atoms with Crippen LogP contribution >= 0.6 is 34.7 Å². The van der Waals surface area contributed by atoms with Crippen molar-refractivity contribution in [3.63, 3.8) is 0 Å². The summed E-state index contributed by atoms with van der Waals surface area (Å²) in [7, 11) is 3.93. The molecule has 7 heteroatoms. The van der Waals surface area contributed by atoms with Crippen molar-refractivity contribution in [1.82, 2.24) is 15.5 Å². The summed E-state index contributed by atoms with van der Waals surface area (Å²) in [5, 5.41) is 13.5. The van der Waals surface area contributed by atoms with Crippen molar-refractivity contribution in [2.24, 2.45) is 0 Å². The SMILES string of the molecule is CC(C)NCc1ccc(Cl)cc1Sc1nnc(N(C)C)s1. The van der Waals surface area contributed by atoms with E-state index in [2.05, 4.69) is 35.4 Å². The van der Waals surface area contributed by atoms with E-state index in [0.29, 0.717) is 6.04 Å². The zero-order valence-corrected chi connectivity index (χ0v) is 14.9. The minimum absolute atomic E-state index is 0.445. The van der Waals surface area contributed by atoms with Crippen molar-refractivity contribution < 1.29 is 0 Å². The summed E-state index contributed by atoms with van der Waals surface area (Å²) in [5.74, 6) is 0. The first-order valence-corrected chi connectivity index (χ1v) is 8.67. The Morgan fingerprint density at radius 3 is 2.71 bits per heavy atom. The van der Waals surface area contributed by atoms with E-state index in [1.165, 1.54) is 5.56 Å². The predicted molar refractivity (Wildman–Crippen MR) is 91.8 cm³/mol. The lowest BCUT2D eigenvalue weighted by Gasteiger charge is -2.12. The smallest absolute Gasteiger partial charge is 0.208 e. The second-order valence-electron chi connectivity index (χ2n) is 5.13. The Bertz CT molecular complexity index is 598. The molecule has 0 saturated heterocycles. The third-order valence-corrected chi connectivity index (χ3v) is 5.18. The summed E-state index contributed by atoms with van der Waals surface area (Å²) in [6, 6.07) is 6.42. The van der Waals surface area contributed by atoms with Crippen LogP contribution in [0.25, 0.3) is 0 Å². The van der Waals surface area contributed by atoms with Crippen molar-refractivity contribution in [2.75, 3.05) is 19.0 Å². The van der Waals surface area contributed by atoms with Crippen LogP contribution in [0.3, 0.4) is 0 Å². The Hall–Kier alpha value is -0.820. The zero-order valence-electron chi connectivity index (χ0n) is 12.6. The molecule has 2 rings (SSSR count). The molecule has 0 atom stereocenters. The van der Waals surface area contributed by atoms with Gasteiger partial charge in [-0.1, -0.05) is 54.6 Å². The number of benzene rings is 1. The first-order valence-electron chi connectivity index (χ1n) is 6.66. The van der Waals surface area contributed by atoms with Crippen molar-refractivity contribution in [2.45, 2.75) is 35.7 Å². The number of halogens is 1. The fourth-order valence-electron chi connectivity index (χ4n) is 1.60. The number of anilines is 1. The van der Waals surface area contributed by atoms with Crippen molar-refractivity contribution in [1.29, 1.82) is 0 Å². The molecule has 1 aromatic carbocycles. The van der Waals surface area contributed by atoms with E-state index < -0.39 is 0 Å². The standard InChI is InChI=1S/C14H19ClN4S2/c1-9(2)16-8-10-5-6-11(15)7-12(10)20-14-18-17-13(21-14)19(3)4/h5-7,9,16H,8H2,1-4H3. The normalized spacial score (nSPS) is 11.1. The van der Waals surface area contributed by atoms with Crippen LogP contribution in [0, 0.1) is 0 Å². The van der Waals surface area contributed by atoms with Crippen molar-refractivity contribution >= 4 is 39.8 Å². The second-order valence-corrected chi connectivity index (χ2v) is 7.82. The molecule has 4 nitrogen and oxygen atoms in total. The van der Waals surface area contributed by atoms with E-state index >= 15 is 0 Å². The highest BCUT2D eigenvalue weighted by atomic mass is 35.5. The van der Waals surface area contributed by atoms with E-state index in [9.17, 15) is 0 Å². The molecule has 0 aliphatic rings. The van der Waals surface area contributed by atoms with Gasteiger partial charge in [0.25, 0.3) is 0 Å².